The van der Waals surface area contributed by atoms with Crippen molar-refractivity contribution in [2.45, 2.75) is 6.04 Å². The molecule has 4 nitrogen and oxygen atoms in total. The van der Waals surface area contributed by atoms with Crippen molar-refractivity contribution in [2.75, 3.05) is 0 Å². The van der Waals surface area contributed by atoms with Gasteiger partial charge in [0.15, 0.2) is 0 Å². The molecule has 1 amide bonds. The highest BCUT2D eigenvalue weighted by molar-refractivity contribution is 6.30. The Labute approximate surface area is 174 Å². The summed E-state index contributed by atoms with van der Waals surface area (Å²) in [6.07, 6.45) is 3.58. The lowest BCUT2D eigenvalue weighted by atomic mass is 10.0. The van der Waals surface area contributed by atoms with E-state index in [1.807, 2.05) is 96.7 Å². The number of carbonyl (C=O) groups is 1. The molecule has 144 valence electrons. The van der Waals surface area contributed by atoms with E-state index in [1.165, 1.54) is 0 Å². The van der Waals surface area contributed by atoms with Gasteiger partial charge in [0, 0.05) is 30.0 Å². The molecular weight excluding hydrogens is 382 g/mol. The maximum Gasteiger partial charge on any atom is 0.252 e. The number of amides is 1. The first kappa shape index (κ1) is 19.0. The van der Waals surface area contributed by atoms with Crippen molar-refractivity contribution in [3.05, 3.63) is 113 Å². The number of hydrogen-bond donors (Lipinski definition) is 1. The molecule has 0 aliphatic carbocycles. The first-order valence-electron chi connectivity index (χ1n) is 9.31. The van der Waals surface area contributed by atoms with Gasteiger partial charge in [-0.25, -0.2) is 4.98 Å². The van der Waals surface area contributed by atoms with Crippen molar-refractivity contribution >= 4 is 17.5 Å². The SMILES string of the molecule is Cn1ccnc1[C@H](NC(=O)c1ccc(-c2ccccc2)cc1)c1ccc(Cl)cc1. The summed E-state index contributed by atoms with van der Waals surface area (Å²) in [5.41, 5.74) is 3.70. The molecule has 0 unspecified atom stereocenters. The predicted octanol–water partition coefficient (Wildman–Crippen LogP) is 5.26. The van der Waals surface area contributed by atoms with Crippen LogP contribution in [0.1, 0.15) is 27.8 Å². The van der Waals surface area contributed by atoms with Gasteiger partial charge in [-0.05, 0) is 41.0 Å². The number of nitrogens with zero attached hydrogens (tertiary/aromatic N) is 2. The zero-order valence-electron chi connectivity index (χ0n) is 15.9. The zero-order chi connectivity index (χ0) is 20.2. The Bertz CT molecular complexity index is 1100. The van der Waals surface area contributed by atoms with Gasteiger partial charge in [-0.1, -0.05) is 66.2 Å². The summed E-state index contributed by atoms with van der Waals surface area (Å²) < 4.78 is 1.90. The van der Waals surface area contributed by atoms with E-state index in [0.717, 1.165) is 22.5 Å². The van der Waals surface area contributed by atoms with Crippen LogP contribution in [0.15, 0.2) is 91.3 Å². The Kier molecular flexibility index (Phi) is 5.45. The third-order valence-electron chi connectivity index (χ3n) is 4.85. The number of benzene rings is 3. The normalized spacial score (nSPS) is 11.8. The molecule has 0 bridgehead atoms. The van der Waals surface area contributed by atoms with E-state index in [9.17, 15) is 4.79 Å². The molecule has 0 spiro atoms. The van der Waals surface area contributed by atoms with Gasteiger partial charge in [-0.2, -0.15) is 0 Å². The molecule has 0 saturated heterocycles. The first-order chi connectivity index (χ1) is 14.1. The zero-order valence-corrected chi connectivity index (χ0v) is 16.7. The number of carbonyl (C=O) groups excluding carboxylic acids is 1. The number of imidazole rings is 1. The van der Waals surface area contributed by atoms with Crippen molar-refractivity contribution in [1.29, 1.82) is 0 Å². The van der Waals surface area contributed by atoms with Crippen molar-refractivity contribution in [3.63, 3.8) is 0 Å². The van der Waals surface area contributed by atoms with Gasteiger partial charge in [0.2, 0.25) is 0 Å². The van der Waals surface area contributed by atoms with E-state index >= 15 is 0 Å². The van der Waals surface area contributed by atoms with Gasteiger partial charge in [-0.15, -0.1) is 0 Å². The second-order valence-corrected chi connectivity index (χ2v) is 7.23. The third-order valence-corrected chi connectivity index (χ3v) is 5.10. The first-order valence-corrected chi connectivity index (χ1v) is 9.68. The van der Waals surface area contributed by atoms with Crippen LogP contribution in [0.25, 0.3) is 11.1 Å². The summed E-state index contributed by atoms with van der Waals surface area (Å²) in [4.78, 5) is 17.4. The lowest BCUT2D eigenvalue weighted by molar-refractivity contribution is 0.0941. The minimum Gasteiger partial charge on any atom is -0.338 e. The third kappa shape index (κ3) is 4.23. The Morgan fingerprint density at radius 3 is 2.21 bits per heavy atom. The highest BCUT2D eigenvalue weighted by atomic mass is 35.5. The van der Waals surface area contributed by atoms with Crippen LogP contribution < -0.4 is 5.32 Å². The average Bonchev–Trinajstić information content (AvgIpc) is 3.19. The minimum absolute atomic E-state index is 0.160. The average molecular weight is 402 g/mol. The van der Waals surface area contributed by atoms with E-state index in [0.29, 0.717) is 10.6 Å². The Balaban J connectivity index is 1.60. The van der Waals surface area contributed by atoms with Crippen LogP contribution in [0.4, 0.5) is 0 Å². The predicted molar refractivity (Wildman–Crippen MR) is 116 cm³/mol. The topological polar surface area (TPSA) is 46.9 Å². The van der Waals surface area contributed by atoms with Crippen molar-refractivity contribution in [2.24, 2.45) is 7.05 Å². The number of nitrogens with one attached hydrogen (secondary N) is 1. The maximum absolute atomic E-state index is 13.0. The largest absolute Gasteiger partial charge is 0.338 e. The molecule has 0 aliphatic heterocycles. The molecule has 0 saturated carbocycles. The number of halogens is 1. The molecule has 0 fully saturated rings. The lowest BCUT2D eigenvalue weighted by Crippen LogP contribution is -2.31. The number of hydrogen-bond acceptors (Lipinski definition) is 2. The fourth-order valence-corrected chi connectivity index (χ4v) is 3.39. The maximum atomic E-state index is 13.0. The van der Waals surface area contributed by atoms with Crippen LogP contribution in [-0.2, 0) is 7.05 Å². The quantitative estimate of drug-likeness (QED) is 0.495. The van der Waals surface area contributed by atoms with Crippen LogP contribution in [0.5, 0.6) is 0 Å². The second kappa shape index (κ2) is 8.33. The van der Waals surface area contributed by atoms with Crippen LogP contribution in [0.2, 0.25) is 5.02 Å². The molecule has 4 aromatic rings. The molecule has 3 aromatic carbocycles. The van der Waals surface area contributed by atoms with E-state index in [1.54, 1.807) is 6.20 Å². The van der Waals surface area contributed by atoms with Crippen LogP contribution >= 0.6 is 11.6 Å². The van der Waals surface area contributed by atoms with Crippen LogP contribution in [0, 0.1) is 0 Å². The fraction of sp³-hybridized carbons (Fsp3) is 0.0833. The van der Waals surface area contributed by atoms with Gasteiger partial charge >= 0.3 is 0 Å². The second-order valence-electron chi connectivity index (χ2n) is 6.80. The van der Waals surface area contributed by atoms with Crippen molar-refractivity contribution < 1.29 is 4.79 Å². The van der Waals surface area contributed by atoms with E-state index in [2.05, 4.69) is 10.3 Å². The van der Waals surface area contributed by atoms with Gasteiger partial charge in [0.25, 0.3) is 5.91 Å². The smallest absolute Gasteiger partial charge is 0.252 e. The molecule has 0 radical (unpaired) electrons. The molecule has 1 heterocycles. The Morgan fingerprint density at radius 2 is 1.59 bits per heavy atom. The highest BCUT2D eigenvalue weighted by Crippen LogP contribution is 2.24. The molecule has 1 N–H and O–H groups in total. The van der Waals surface area contributed by atoms with Gasteiger partial charge < -0.3 is 9.88 Å². The van der Waals surface area contributed by atoms with Gasteiger partial charge in [0.1, 0.15) is 11.9 Å². The van der Waals surface area contributed by atoms with E-state index in [-0.39, 0.29) is 11.9 Å². The molecule has 5 heteroatoms. The number of aryl methyl sites for hydroxylation is 1. The molecular formula is C24H20ClN3O. The minimum atomic E-state index is -0.381. The molecule has 1 atom stereocenters. The standard InChI is InChI=1S/C24H20ClN3O/c1-28-16-15-26-23(28)22(19-11-13-21(25)14-12-19)27-24(29)20-9-7-18(8-10-20)17-5-3-2-4-6-17/h2-16,22H,1H3,(H,27,29)/t22-/m1/s1. The van der Waals surface area contributed by atoms with Crippen molar-refractivity contribution in [1.82, 2.24) is 14.9 Å². The Morgan fingerprint density at radius 1 is 0.931 bits per heavy atom. The molecule has 0 aliphatic rings. The molecule has 4 rings (SSSR count). The molecule has 1 aromatic heterocycles. The number of rotatable bonds is 5. The highest BCUT2D eigenvalue weighted by Gasteiger charge is 2.21. The monoisotopic (exact) mass is 401 g/mol. The fourth-order valence-electron chi connectivity index (χ4n) is 3.27. The Hall–Kier alpha value is -3.37. The summed E-state index contributed by atoms with van der Waals surface area (Å²) in [5, 5.41) is 3.75. The van der Waals surface area contributed by atoms with Crippen LogP contribution in [-0.4, -0.2) is 15.5 Å². The van der Waals surface area contributed by atoms with E-state index < -0.39 is 0 Å². The number of aromatic nitrogens is 2. The van der Waals surface area contributed by atoms with Gasteiger partial charge in [-0.3, -0.25) is 4.79 Å². The summed E-state index contributed by atoms with van der Waals surface area (Å²) >= 11 is 6.03. The summed E-state index contributed by atoms with van der Waals surface area (Å²) in [7, 11) is 1.91. The van der Waals surface area contributed by atoms with Crippen molar-refractivity contribution in [3.8, 4) is 11.1 Å². The molecule has 29 heavy (non-hydrogen) atoms. The summed E-state index contributed by atoms with van der Waals surface area (Å²) in [6, 6.07) is 24.7. The summed E-state index contributed by atoms with van der Waals surface area (Å²) in [5.74, 6) is 0.592. The van der Waals surface area contributed by atoms with Gasteiger partial charge in [0.05, 0.1) is 0 Å². The van der Waals surface area contributed by atoms with Crippen LogP contribution in [0.3, 0.4) is 0 Å². The lowest BCUT2D eigenvalue weighted by Gasteiger charge is -2.19. The summed E-state index contributed by atoms with van der Waals surface area (Å²) in [6.45, 7) is 0. The van der Waals surface area contributed by atoms with E-state index in [4.69, 9.17) is 11.6 Å².